The molecule has 82 valence electrons. The van der Waals surface area contributed by atoms with Gasteiger partial charge in [-0.05, 0) is 18.9 Å². The van der Waals surface area contributed by atoms with Gasteiger partial charge in [-0.25, -0.2) is 4.98 Å². The number of hydrogen-bond acceptors (Lipinski definition) is 5. The lowest BCUT2D eigenvalue weighted by Gasteiger charge is -2.23. The molecule has 1 aliphatic heterocycles. The maximum atomic E-state index is 5.30. The first-order chi connectivity index (χ1) is 7.38. The molecule has 0 atom stereocenters. The van der Waals surface area contributed by atoms with Crippen LogP contribution in [0.2, 0.25) is 0 Å². The summed E-state index contributed by atoms with van der Waals surface area (Å²) in [5, 5.41) is 6.30. The van der Waals surface area contributed by atoms with E-state index in [0.717, 1.165) is 31.9 Å². The average Bonchev–Trinajstić information content (AvgIpc) is 2.31. The topological polar surface area (TPSA) is 59.1 Å². The van der Waals surface area contributed by atoms with Crippen LogP contribution in [0.5, 0.6) is 0 Å². The molecule has 0 aliphatic carbocycles. The van der Waals surface area contributed by atoms with E-state index in [0.29, 0.717) is 12.0 Å². The molecule has 1 saturated heterocycles. The van der Waals surface area contributed by atoms with Crippen molar-refractivity contribution in [2.24, 2.45) is 0 Å². The van der Waals surface area contributed by atoms with E-state index in [4.69, 9.17) is 4.74 Å². The van der Waals surface area contributed by atoms with Crippen LogP contribution in [0.3, 0.4) is 0 Å². The Morgan fingerprint density at radius 2 is 2.20 bits per heavy atom. The van der Waals surface area contributed by atoms with E-state index in [2.05, 4.69) is 20.6 Å². The van der Waals surface area contributed by atoms with Gasteiger partial charge in [0.25, 0.3) is 0 Å². The fourth-order valence-corrected chi connectivity index (χ4v) is 1.61. The minimum Gasteiger partial charge on any atom is -0.381 e. The van der Waals surface area contributed by atoms with Gasteiger partial charge < -0.3 is 15.4 Å². The Hall–Kier alpha value is -1.36. The van der Waals surface area contributed by atoms with Crippen LogP contribution in [0.4, 0.5) is 11.8 Å². The minimum absolute atomic E-state index is 0.471. The molecule has 5 heteroatoms. The highest BCUT2D eigenvalue weighted by atomic mass is 16.5. The molecule has 0 radical (unpaired) electrons. The third-order valence-electron chi connectivity index (χ3n) is 2.45. The number of ether oxygens (including phenoxy) is 1. The van der Waals surface area contributed by atoms with Crippen LogP contribution in [0.15, 0.2) is 12.3 Å². The van der Waals surface area contributed by atoms with Crippen LogP contribution in [0.1, 0.15) is 12.8 Å². The fourth-order valence-electron chi connectivity index (χ4n) is 1.61. The van der Waals surface area contributed by atoms with Crippen LogP contribution in [-0.2, 0) is 4.74 Å². The summed E-state index contributed by atoms with van der Waals surface area (Å²) >= 11 is 0. The quantitative estimate of drug-likeness (QED) is 0.779. The van der Waals surface area contributed by atoms with E-state index in [-0.39, 0.29) is 0 Å². The predicted molar refractivity (Wildman–Crippen MR) is 59.0 cm³/mol. The zero-order chi connectivity index (χ0) is 10.5. The van der Waals surface area contributed by atoms with Gasteiger partial charge in [0, 0.05) is 32.5 Å². The van der Waals surface area contributed by atoms with Gasteiger partial charge in [0.05, 0.1) is 0 Å². The number of nitrogens with one attached hydrogen (secondary N) is 2. The van der Waals surface area contributed by atoms with Gasteiger partial charge in [0.1, 0.15) is 5.82 Å². The van der Waals surface area contributed by atoms with Gasteiger partial charge in [-0.1, -0.05) is 0 Å². The van der Waals surface area contributed by atoms with Gasteiger partial charge in [-0.2, -0.15) is 4.98 Å². The molecule has 0 bridgehead atoms. The highest BCUT2D eigenvalue weighted by Gasteiger charge is 2.13. The average molecular weight is 208 g/mol. The van der Waals surface area contributed by atoms with Crippen molar-refractivity contribution in [1.29, 1.82) is 0 Å². The zero-order valence-electron chi connectivity index (χ0n) is 8.86. The third kappa shape index (κ3) is 2.79. The molecular weight excluding hydrogens is 192 g/mol. The molecule has 2 heterocycles. The van der Waals surface area contributed by atoms with Crippen molar-refractivity contribution >= 4 is 11.8 Å². The predicted octanol–water partition coefficient (Wildman–Crippen LogP) is 1.11. The monoisotopic (exact) mass is 208 g/mol. The molecule has 1 aliphatic rings. The van der Waals surface area contributed by atoms with Crippen molar-refractivity contribution in [3.8, 4) is 0 Å². The molecular formula is C10H16N4O. The fraction of sp³-hybridized carbons (Fsp3) is 0.600. The molecule has 5 nitrogen and oxygen atoms in total. The number of hydrogen-bond donors (Lipinski definition) is 2. The number of rotatable bonds is 3. The molecule has 1 fully saturated rings. The second kappa shape index (κ2) is 4.93. The first kappa shape index (κ1) is 10.2. The van der Waals surface area contributed by atoms with Crippen molar-refractivity contribution < 1.29 is 4.74 Å². The number of nitrogens with zero attached hydrogens (tertiary/aromatic N) is 2. The minimum atomic E-state index is 0.471. The highest BCUT2D eigenvalue weighted by molar-refractivity contribution is 5.39. The summed E-state index contributed by atoms with van der Waals surface area (Å²) in [5.41, 5.74) is 0. The van der Waals surface area contributed by atoms with Crippen molar-refractivity contribution in [2.45, 2.75) is 18.9 Å². The lowest BCUT2D eigenvalue weighted by molar-refractivity contribution is 0.0904. The van der Waals surface area contributed by atoms with Gasteiger partial charge in [0.2, 0.25) is 5.95 Å². The van der Waals surface area contributed by atoms with E-state index in [1.165, 1.54) is 0 Å². The van der Waals surface area contributed by atoms with Crippen molar-refractivity contribution in [2.75, 3.05) is 30.9 Å². The molecule has 0 amide bonds. The standard InChI is InChI=1S/C10H16N4O/c1-11-10-12-5-2-9(14-10)13-8-3-6-15-7-4-8/h2,5,8H,3-4,6-7H2,1H3,(H2,11,12,13,14). The number of aromatic nitrogens is 2. The summed E-state index contributed by atoms with van der Waals surface area (Å²) in [5.74, 6) is 1.52. The van der Waals surface area contributed by atoms with E-state index in [9.17, 15) is 0 Å². The zero-order valence-corrected chi connectivity index (χ0v) is 8.86. The lowest BCUT2D eigenvalue weighted by Crippen LogP contribution is -2.28. The Morgan fingerprint density at radius 1 is 1.40 bits per heavy atom. The highest BCUT2D eigenvalue weighted by Crippen LogP contribution is 2.13. The van der Waals surface area contributed by atoms with Gasteiger partial charge in [-0.3, -0.25) is 0 Å². The second-order valence-electron chi connectivity index (χ2n) is 3.55. The Bertz CT molecular complexity index is 312. The van der Waals surface area contributed by atoms with Gasteiger partial charge in [0.15, 0.2) is 0 Å². The molecule has 0 aromatic carbocycles. The van der Waals surface area contributed by atoms with Gasteiger partial charge >= 0.3 is 0 Å². The van der Waals surface area contributed by atoms with Crippen molar-refractivity contribution in [3.63, 3.8) is 0 Å². The molecule has 0 saturated carbocycles. The molecule has 1 aromatic rings. The lowest BCUT2D eigenvalue weighted by atomic mass is 10.1. The SMILES string of the molecule is CNc1nccc(NC2CCOCC2)n1. The van der Waals surface area contributed by atoms with Gasteiger partial charge in [-0.15, -0.1) is 0 Å². The van der Waals surface area contributed by atoms with E-state index < -0.39 is 0 Å². The smallest absolute Gasteiger partial charge is 0.224 e. The normalized spacial score (nSPS) is 17.4. The van der Waals surface area contributed by atoms with Crippen LogP contribution in [0, 0.1) is 0 Å². The van der Waals surface area contributed by atoms with Crippen molar-refractivity contribution in [3.05, 3.63) is 12.3 Å². The summed E-state index contributed by atoms with van der Waals surface area (Å²) in [7, 11) is 1.81. The van der Waals surface area contributed by atoms with E-state index in [1.54, 1.807) is 6.20 Å². The van der Waals surface area contributed by atoms with Crippen LogP contribution < -0.4 is 10.6 Å². The molecule has 2 N–H and O–H groups in total. The molecule has 2 rings (SSSR count). The first-order valence-electron chi connectivity index (χ1n) is 5.23. The van der Waals surface area contributed by atoms with Crippen LogP contribution in [0.25, 0.3) is 0 Å². The molecule has 15 heavy (non-hydrogen) atoms. The summed E-state index contributed by atoms with van der Waals surface area (Å²) in [4.78, 5) is 8.38. The first-order valence-corrected chi connectivity index (χ1v) is 5.23. The summed E-state index contributed by atoms with van der Waals surface area (Å²) in [6.07, 6.45) is 3.83. The van der Waals surface area contributed by atoms with Crippen LogP contribution >= 0.6 is 0 Å². The van der Waals surface area contributed by atoms with E-state index >= 15 is 0 Å². The molecule has 1 aromatic heterocycles. The number of anilines is 2. The Balaban J connectivity index is 1.96. The summed E-state index contributed by atoms with van der Waals surface area (Å²) in [6.45, 7) is 1.67. The Labute approximate surface area is 89.3 Å². The maximum absolute atomic E-state index is 5.30. The van der Waals surface area contributed by atoms with Crippen LogP contribution in [-0.4, -0.2) is 36.3 Å². The second-order valence-corrected chi connectivity index (χ2v) is 3.55. The third-order valence-corrected chi connectivity index (χ3v) is 2.45. The summed E-state index contributed by atoms with van der Waals surface area (Å²) in [6, 6.07) is 2.36. The van der Waals surface area contributed by atoms with E-state index in [1.807, 2.05) is 13.1 Å². The molecule has 0 spiro atoms. The Kier molecular flexibility index (Phi) is 3.34. The molecule has 0 unspecified atom stereocenters. The largest absolute Gasteiger partial charge is 0.381 e. The maximum Gasteiger partial charge on any atom is 0.224 e. The Morgan fingerprint density at radius 3 is 2.93 bits per heavy atom. The summed E-state index contributed by atoms with van der Waals surface area (Å²) < 4.78 is 5.30. The van der Waals surface area contributed by atoms with Crippen molar-refractivity contribution in [1.82, 2.24) is 9.97 Å².